The molecule has 1 spiro atoms. The van der Waals surface area contributed by atoms with Crippen LogP contribution in [0.1, 0.15) is 18.5 Å². The molecule has 7 nitrogen and oxygen atoms in total. The number of benzene rings is 1. The summed E-state index contributed by atoms with van der Waals surface area (Å²) in [6, 6.07) is 7.69. The first kappa shape index (κ1) is 18.8. The Morgan fingerprint density at radius 3 is 2.86 bits per heavy atom. The van der Waals surface area contributed by atoms with Gasteiger partial charge in [-0.15, -0.1) is 0 Å². The molecule has 2 aromatic heterocycles. The summed E-state index contributed by atoms with van der Waals surface area (Å²) >= 11 is -1.45. The van der Waals surface area contributed by atoms with Crippen LogP contribution in [0, 0.1) is 11.2 Å². The third-order valence-electron chi connectivity index (χ3n) is 5.20. The Balaban J connectivity index is 1.19. The molecule has 1 saturated heterocycles. The molecular formula is C20H20FN3O4S. The summed E-state index contributed by atoms with van der Waals surface area (Å²) < 4.78 is 43.2. The molecule has 2 fully saturated rings. The van der Waals surface area contributed by atoms with Crippen LogP contribution in [0.3, 0.4) is 0 Å². The third kappa shape index (κ3) is 4.23. The zero-order valence-corrected chi connectivity index (χ0v) is 16.4. The van der Waals surface area contributed by atoms with Gasteiger partial charge in [-0.3, -0.25) is 9.97 Å². The molecule has 29 heavy (non-hydrogen) atoms. The summed E-state index contributed by atoms with van der Waals surface area (Å²) in [5.74, 6) is 0.391. The minimum absolute atomic E-state index is 0.165. The second-order valence-electron chi connectivity index (χ2n) is 7.54. The summed E-state index contributed by atoms with van der Waals surface area (Å²) in [7, 11) is 0. The van der Waals surface area contributed by atoms with E-state index in [1.54, 1.807) is 24.4 Å². The molecule has 1 aliphatic heterocycles. The number of fused-ring (bicyclic) bond motifs is 1. The molecule has 3 aromatic rings. The molecule has 1 saturated carbocycles. The topological polar surface area (TPSA) is 92.3 Å². The fraction of sp³-hybridized carbons (Fsp3) is 0.400. The zero-order chi connectivity index (χ0) is 19.8. The van der Waals surface area contributed by atoms with Crippen molar-refractivity contribution in [2.75, 3.05) is 19.8 Å². The molecule has 9 heteroatoms. The van der Waals surface area contributed by atoms with E-state index in [1.165, 1.54) is 25.0 Å². The molecule has 152 valence electrons. The van der Waals surface area contributed by atoms with Gasteiger partial charge in [0.1, 0.15) is 18.2 Å². The van der Waals surface area contributed by atoms with E-state index >= 15 is 0 Å². The molecule has 1 atom stereocenters. The van der Waals surface area contributed by atoms with Gasteiger partial charge in [0.25, 0.3) is 0 Å². The van der Waals surface area contributed by atoms with E-state index in [2.05, 4.69) is 15.0 Å². The van der Waals surface area contributed by atoms with Gasteiger partial charge in [-0.1, -0.05) is 0 Å². The molecule has 0 radical (unpaired) electrons. The summed E-state index contributed by atoms with van der Waals surface area (Å²) in [5.41, 5.74) is 1.95. The number of hydrogen-bond donors (Lipinski definition) is 1. The maximum atomic E-state index is 13.3. The Bertz CT molecular complexity index is 1020. The minimum Gasteiger partial charge on any atom is -0.609 e. The van der Waals surface area contributed by atoms with Crippen molar-refractivity contribution in [3.8, 4) is 5.75 Å². The predicted molar refractivity (Wildman–Crippen MR) is 103 cm³/mol. The van der Waals surface area contributed by atoms with Gasteiger partial charge in [-0.25, -0.2) is 4.39 Å². The van der Waals surface area contributed by atoms with Crippen LogP contribution in [0.2, 0.25) is 0 Å². The number of rotatable bonds is 6. The third-order valence-corrected chi connectivity index (χ3v) is 6.38. The Labute approximate surface area is 169 Å². The van der Waals surface area contributed by atoms with Crippen LogP contribution in [0.5, 0.6) is 5.75 Å². The highest BCUT2D eigenvalue weighted by molar-refractivity contribution is 7.90. The lowest BCUT2D eigenvalue weighted by Crippen LogP contribution is -2.36. The lowest BCUT2D eigenvalue weighted by molar-refractivity contribution is -0.217. The summed E-state index contributed by atoms with van der Waals surface area (Å²) in [4.78, 5) is 11.4. The number of halogens is 1. The van der Waals surface area contributed by atoms with Crippen LogP contribution >= 0.6 is 0 Å². The fourth-order valence-electron chi connectivity index (χ4n) is 3.25. The van der Waals surface area contributed by atoms with Crippen molar-refractivity contribution in [2.24, 2.45) is 5.41 Å². The lowest BCUT2D eigenvalue weighted by atomic mass is 10.1. The Morgan fingerprint density at radius 1 is 1.24 bits per heavy atom. The molecule has 1 unspecified atom stereocenters. The zero-order valence-electron chi connectivity index (χ0n) is 15.6. The molecular weight excluding hydrogens is 397 g/mol. The van der Waals surface area contributed by atoms with Crippen LogP contribution < -0.4 is 4.74 Å². The Morgan fingerprint density at radius 2 is 2.07 bits per heavy atom. The largest absolute Gasteiger partial charge is 0.609 e. The maximum Gasteiger partial charge on any atom is 0.322 e. The van der Waals surface area contributed by atoms with E-state index in [0.717, 1.165) is 13.2 Å². The second-order valence-corrected chi connectivity index (χ2v) is 8.91. The molecule has 0 bridgehead atoms. The van der Waals surface area contributed by atoms with E-state index in [0.29, 0.717) is 22.5 Å². The van der Waals surface area contributed by atoms with E-state index in [-0.39, 0.29) is 35.0 Å². The number of aromatic nitrogens is 3. The minimum atomic E-state index is -1.45. The number of H-pyrrole nitrogens is 1. The van der Waals surface area contributed by atoms with Crippen molar-refractivity contribution >= 4 is 22.2 Å². The summed E-state index contributed by atoms with van der Waals surface area (Å²) in [6.45, 7) is 1.74. The van der Waals surface area contributed by atoms with Crippen LogP contribution in [0.15, 0.2) is 41.7 Å². The van der Waals surface area contributed by atoms with Gasteiger partial charge in [-0.2, -0.15) is 4.98 Å². The summed E-state index contributed by atoms with van der Waals surface area (Å²) in [5, 5.41) is 0.289. The fourth-order valence-corrected chi connectivity index (χ4v) is 4.23. The molecule has 1 aromatic carbocycles. The van der Waals surface area contributed by atoms with Crippen molar-refractivity contribution in [1.29, 1.82) is 0 Å². The number of ether oxygens (including phenoxy) is 3. The van der Waals surface area contributed by atoms with Crippen LogP contribution in [0.25, 0.3) is 11.0 Å². The van der Waals surface area contributed by atoms with Crippen molar-refractivity contribution in [3.63, 3.8) is 0 Å². The van der Waals surface area contributed by atoms with Gasteiger partial charge < -0.3 is 18.8 Å². The maximum absolute atomic E-state index is 13.3. The van der Waals surface area contributed by atoms with Gasteiger partial charge >= 0.3 is 5.16 Å². The molecule has 1 aliphatic carbocycles. The monoisotopic (exact) mass is 417 g/mol. The number of imidazole rings is 1. The van der Waals surface area contributed by atoms with Gasteiger partial charge in [0.15, 0.2) is 12.0 Å². The second kappa shape index (κ2) is 7.56. The molecule has 5 rings (SSSR count). The predicted octanol–water partition coefficient (Wildman–Crippen LogP) is 2.94. The highest BCUT2D eigenvalue weighted by atomic mass is 32.2. The first-order valence-corrected chi connectivity index (χ1v) is 10.8. The van der Waals surface area contributed by atoms with Gasteiger partial charge in [-0.05, 0) is 31.0 Å². The van der Waals surface area contributed by atoms with Crippen LogP contribution in [0.4, 0.5) is 4.39 Å². The number of aromatic amines is 1. The Hall–Kier alpha value is -2.20. The van der Waals surface area contributed by atoms with Crippen molar-refractivity contribution in [2.45, 2.75) is 30.0 Å². The number of pyridine rings is 1. The van der Waals surface area contributed by atoms with Crippen molar-refractivity contribution < 1.29 is 23.2 Å². The lowest BCUT2D eigenvalue weighted by Gasteiger charge is -2.29. The highest BCUT2D eigenvalue weighted by Crippen LogP contribution is 2.48. The average Bonchev–Trinajstić information content (AvgIpc) is 3.34. The molecule has 1 N–H and O–H groups in total. The van der Waals surface area contributed by atoms with Crippen LogP contribution in [-0.2, 0) is 26.4 Å². The number of nitrogens with zero attached hydrogens (tertiary/aromatic N) is 2. The van der Waals surface area contributed by atoms with Gasteiger partial charge in [0, 0.05) is 34.9 Å². The first-order chi connectivity index (χ1) is 14.1. The SMILES string of the molecule is [O-][S+](Cc1cc(OCC2OCC3(CC3)CO2)ccn1)c1nc2cc(F)ccc2[nH]1. The average molecular weight is 417 g/mol. The van der Waals surface area contributed by atoms with E-state index in [9.17, 15) is 8.94 Å². The Kier molecular flexibility index (Phi) is 4.91. The van der Waals surface area contributed by atoms with Crippen molar-refractivity contribution in [3.05, 3.63) is 48.0 Å². The van der Waals surface area contributed by atoms with Crippen LogP contribution in [-0.4, -0.2) is 45.6 Å². The summed E-state index contributed by atoms with van der Waals surface area (Å²) in [6.07, 6.45) is 3.58. The van der Waals surface area contributed by atoms with E-state index in [1.807, 2.05) is 0 Å². The molecule has 0 amide bonds. The van der Waals surface area contributed by atoms with E-state index < -0.39 is 11.2 Å². The molecule has 3 heterocycles. The van der Waals surface area contributed by atoms with Gasteiger partial charge in [0.2, 0.25) is 0 Å². The number of hydrogen-bond acceptors (Lipinski definition) is 6. The van der Waals surface area contributed by atoms with E-state index in [4.69, 9.17) is 14.2 Å². The normalized spacial score (nSPS) is 19.5. The highest BCUT2D eigenvalue weighted by Gasteiger charge is 2.47. The smallest absolute Gasteiger partial charge is 0.322 e. The molecule has 2 aliphatic rings. The first-order valence-electron chi connectivity index (χ1n) is 9.43. The standard InChI is InChI=1S/C20H20FN3O4S/c21-13-1-2-16-17(7-13)24-19(23-16)29(25)10-14-8-15(3-6-22-14)26-9-18-27-11-20(4-5-20)12-28-18/h1-3,6-8,18H,4-5,9-12H2,(H,23,24). The van der Waals surface area contributed by atoms with Crippen molar-refractivity contribution in [1.82, 2.24) is 15.0 Å². The number of nitrogens with one attached hydrogen (secondary N) is 1. The quantitative estimate of drug-likeness (QED) is 0.620. The van der Waals surface area contributed by atoms with Gasteiger partial charge in [0.05, 0.1) is 29.9 Å².